The van der Waals surface area contributed by atoms with Gasteiger partial charge in [-0.1, -0.05) is 20.8 Å². The van der Waals surface area contributed by atoms with E-state index < -0.39 is 0 Å². The molecule has 114 valence electrons. The summed E-state index contributed by atoms with van der Waals surface area (Å²) in [6.45, 7) is 7.85. The van der Waals surface area contributed by atoms with Crippen LogP contribution in [0.4, 0.5) is 0 Å². The average Bonchev–Trinajstić information content (AvgIpc) is 2.50. The molecule has 3 nitrogen and oxygen atoms in total. The Morgan fingerprint density at radius 2 is 1.57 bits per heavy atom. The molecule has 2 rings (SSSR count). The zero-order chi connectivity index (χ0) is 15.2. The number of aromatic nitrogens is 1. The average molecular weight is 288 g/mol. The minimum atomic E-state index is 0.717. The Morgan fingerprint density at radius 1 is 0.952 bits per heavy atom. The smallest absolute Gasteiger partial charge is 0.188 e. The van der Waals surface area contributed by atoms with Crippen molar-refractivity contribution in [1.29, 1.82) is 0 Å². The van der Waals surface area contributed by atoms with Crippen molar-refractivity contribution >= 4 is 10.8 Å². The second-order valence-electron chi connectivity index (χ2n) is 5.31. The monoisotopic (exact) mass is 288 g/mol. The van der Waals surface area contributed by atoms with Crippen LogP contribution in [0, 0.1) is 0 Å². The molecular formula is C18H26NO2+. The van der Waals surface area contributed by atoms with Gasteiger partial charge in [0, 0.05) is 12.5 Å². The number of aryl methyl sites for hydroxylation is 2. The summed E-state index contributed by atoms with van der Waals surface area (Å²) < 4.78 is 13.9. The SMILES string of the molecule is CCCOc1cc2cc[n+](C)c(CC)c2cc1OCCC. The minimum absolute atomic E-state index is 0.717. The molecule has 1 aromatic carbocycles. The Morgan fingerprint density at radius 3 is 2.14 bits per heavy atom. The highest BCUT2D eigenvalue weighted by Gasteiger charge is 2.15. The van der Waals surface area contributed by atoms with Crippen LogP contribution in [-0.4, -0.2) is 13.2 Å². The van der Waals surface area contributed by atoms with Gasteiger partial charge >= 0.3 is 0 Å². The Kier molecular flexibility index (Phi) is 5.43. The molecule has 1 heterocycles. The maximum absolute atomic E-state index is 5.90. The fourth-order valence-corrected chi connectivity index (χ4v) is 2.53. The number of fused-ring (bicyclic) bond motifs is 1. The Bertz CT molecular complexity index is 608. The van der Waals surface area contributed by atoms with E-state index in [0.717, 1.165) is 37.4 Å². The van der Waals surface area contributed by atoms with Gasteiger partial charge in [0.1, 0.15) is 7.05 Å². The number of benzene rings is 1. The van der Waals surface area contributed by atoms with Gasteiger partial charge in [0.25, 0.3) is 0 Å². The number of hydrogen-bond donors (Lipinski definition) is 0. The van der Waals surface area contributed by atoms with Gasteiger partial charge in [0.15, 0.2) is 23.4 Å². The molecule has 0 fully saturated rings. The van der Waals surface area contributed by atoms with E-state index in [2.05, 4.69) is 56.8 Å². The summed E-state index contributed by atoms with van der Waals surface area (Å²) in [4.78, 5) is 0. The number of nitrogens with zero attached hydrogens (tertiary/aromatic N) is 1. The molecule has 0 saturated heterocycles. The zero-order valence-electron chi connectivity index (χ0n) is 13.6. The number of rotatable bonds is 7. The lowest BCUT2D eigenvalue weighted by atomic mass is 10.1. The van der Waals surface area contributed by atoms with E-state index >= 15 is 0 Å². The lowest BCUT2D eigenvalue weighted by molar-refractivity contribution is -0.677. The molecule has 0 saturated carbocycles. The summed E-state index contributed by atoms with van der Waals surface area (Å²) in [5.74, 6) is 1.72. The topological polar surface area (TPSA) is 22.3 Å². The summed E-state index contributed by atoms with van der Waals surface area (Å²) in [5, 5.41) is 2.46. The fraction of sp³-hybridized carbons (Fsp3) is 0.500. The van der Waals surface area contributed by atoms with Gasteiger partial charge in [-0.2, -0.15) is 0 Å². The van der Waals surface area contributed by atoms with Crippen molar-refractivity contribution < 1.29 is 14.0 Å². The van der Waals surface area contributed by atoms with Crippen LogP contribution in [0.3, 0.4) is 0 Å². The zero-order valence-corrected chi connectivity index (χ0v) is 13.6. The van der Waals surface area contributed by atoms with Crippen molar-refractivity contribution in [2.75, 3.05) is 13.2 Å². The second-order valence-corrected chi connectivity index (χ2v) is 5.31. The summed E-state index contributed by atoms with van der Waals surface area (Å²) in [6.07, 6.45) is 5.09. The van der Waals surface area contributed by atoms with Crippen LogP contribution in [0.25, 0.3) is 10.8 Å². The molecule has 0 radical (unpaired) electrons. The largest absolute Gasteiger partial charge is 0.490 e. The van der Waals surface area contributed by atoms with E-state index in [4.69, 9.17) is 9.47 Å². The first kappa shape index (κ1) is 15.6. The molecule has 0 unspecified atom stereocenters. The predicted molar refractivity (Wildman–Crippen MR) is 86.1 cm³/mol. The third-order valence-corrected chi connectivity index (χ3v) is 3.59. The van der Waals surface area contributed by atoms with E-state index in [-0.39, 0.29) is 0 Å². The van der Waals surface area contributed by atoms with Crippen LogP contribution >= 0.6 is 0 Å². The van der Waals surface area contributed by atoms with Gasteiger partial charge in [-0.15, -0.1) is 0 Å². The van der Waals surface area contributed by atoms with Gasteiger partial charge in [-0.25, -0.2) is 4.57 Å². The van der Waals surface area contributed by atoms with Crippen LogP contribution < -0.4 is 14.0 Å². The van der Waals surface area contributed by atoms with E-state index in [0.29, 0.717) is 6.61 Å². The van der Waals surface area contributed by atoms with Crippen LogP contribution in [0.5, 0.6) is 11.5 Å². The van der Waals surface area contributed by atoms with Crippen LogP contribution in [-0.2, 0) is 13.5 Å². The van der Waals surface area contributed by atoms with Gasteiger partial charge in [0.05, 0.1) is 18.6 Å². The van der Waals surface area contributed by atoms with Crippen molar-refractivity contribution in [3.8, 4) is 11.5 Å². The highest BCUT2D eigenvalue weighted by Crippen LogP contribution is 2.33. The molecule has 1 aromatic heterocycles. The molecule has 0 aliphatic rings. The molecular weight excluding hydrogens is 262 g/mol. The molecule has 0 bridgehead atoms. The van der Waals surface area contributed by atoms with E-state index in [1.165, 1.54) is 16.5 Å². The van der Waals surface area contributed by atoms with Crippen molar-refractivity contribution in [3.05, 3.63) is 30.1 Å². The van der Waals surface area contributed by atoms with E-state index in [9.17, 15) is 0 Å². The first-order chi connectivity index (χ1) is 10.2. The quantitative estimate of drug-likeness (QED) is 0.723. The Hall–Kier alpha value is -1.77. The molecule has 0 aliphatic carbocycles. The fourth-order valence-electron chi connectivity index (χ4n) is 2.53. The molecule has 0 aliphatic heterocycles. The maximum Gasteiger partial charge on any atom is 0.188 e. The lowest BCUT2D eigenvalue weighted by Gasteiger charge is -2.14. The lowest BCUT2D eigenvalue weighted by Crippen LogP contribution is -2.32. The Labute approximate surface area is 127 Å². The second kappa shape index (κ2) is 7.30. The molecule has 3 heteroatoms. The number of ether oxygens (including phenoxy) is 2. The normalized spacial score (nSPS) is 10.9. The van der Waals surface area contributed by atoms with E-state index in [1.807, 2.05) is 0 Å². The van der Waals surface area contributed by atoms with Crippen molar-refractivity contribution in [3.63, 3.8) is 0 Å². The van der Waals surface area contributed by atoms with Gasteiger partial charge in [-0.05, 0) is 30.4 Å². The predicted octanol–water partition coefficient (Wildman–Crippen LogP) is 3.80. The standard InChI is InChI=1S/C18H26NO2/c1-5-10-20-17-12-14-8-9-19(4)16(7-3)15(14)13-18(17)21-11-6-2/h8-9,12-13H,5-7,10-11H2,1-4H3/q+1. The molecule has 2 aromatic rings. The third kappa shape index (κ3) is 3.46. The Balaban J connectivity index is 2.53. The van der Waals surface area contributed by atoms with Gasteiger partial charge in [-0.3, -0.25) is 0 Å². The minimum Gasteiger partial charge on any atom is -0.490 e. The van der Waals surface area contributed by atoms with Gasteiger partial charge < -0.3 is 9.47 Å². The first-order valence-electron chi connectivity index (χ1n) is 7.92. The first-order valence-corrected chi connectivity index (χ1v) is 7.92. The van der Waals surface area contributed by atoms with Crippen LogP contribution in [0.1, 0.15) is 39.3 Å². The highest BCUT2D eigenvalue weighted by atomic mass is 16.5. The van der Waals surface area contributed by atoms with Crippen molar-refractivity contribution in [2.45, 2.75) is 40.0 Å². The number of hydrogen-bond acceptors (Lipinski definition) is 2. The van der Waals surface area contributed by atoms with Crippen molar-refractivity contribution in [1.82, 2.24) is 0 Å². The van der Waals surface area contributed by atoms with Crippen molar-refractivity contribution in [2.24, 2.45) is 7.05 Å². The maximum atomic E-state index is 5.90. The van der Waals surface area contributed by atoms with E-state index in [1.54, 1.807) is 0 Å². The highest BCUT2D eigenvalue weighted by molar-refractivity contribution is 5.87. The summed E-state index contributed by atoms with van der Waals surface area (Å²) in [5.41, 5.74) is 1.32. The molecule has 0 N–H and O–H groups in total. The molecule has 21 heavy (non-hydrogen) atoms. The van der Waals surface area contributed by atoms with Crippen LogP contribution in [0.15, 0.2) is 24.4 Å². The summed E-state index contributed by atoms with van der Waals surface area (Å²) >= 11 is 0. The summed E-state index contributed by atoms with van der Waals surface area (Å²) in [6, 6.07) is 6.38. The molecule has 0 spiro atoms. The number of pyridine rings is 1. The third-order valence-electron chi connectivity index (χ3n) is 3.59. The van der Waals surface area contributed by atoms with Crippen LogP contribution in [0.2, 0.25) is 0 Å². The molecule has 0 atom stereocenters. The summed E-state index contributed by atoms with van der Waals surface area (Å²) in [7, 11) is 2.09. The molecule has 0 amide bonds. The van der Waals surface area contributed by atoms with Gasteiger partial charge in [0.2, 0.25) is 0 Å².